The quantitative estimate of drug-likeness (QED) is 0.416. The number of anilines is 1. The first-order valence-corrected chi connectivity index (χ1v) is 9.38. The molecule has 3 aromatic carbocycles. The standard InChI is InChI=1S/C23H15F4N3O2/c24-15-3-1-14(2-4-15)13-32-21-12-30(18-8-5-16(25)6-9-18)29-22(21)23(31)28-20-10-7-17(26)11-19(20)27/h1-12H,13H2,(H,28,31). The molecule has 0 saturated carbocycles. The van der Waals surface area contributed by atoms with E-state index >= 15 is 0 Å². The fraction of sp³-hybridized carbons (Fsp3) is 0.0435. The van der Waals surface area contributed by atoms with Crippen molar-refractivity contribution in [1.82, 2.24) is 9.78 Å². The number of ether oxygens (including phenoxy) is 1. The van der Waals surface area contributed by atoms with Crippen LogP contribution in [-0.2, 0) is 6.61 Å². The Hall–Kier alpha value is -4.14. The van der Waals surface area contributed by atoms with Gasteiger partial charge >= 0.3 is 0 Å². The number of nitrogens with zero attached hydrogens (tertiary/aromatic N) is 2. The maximum Gasteiger partial charge on any atom is 0.280 e. The van der Waals surface area contributed by atoms with Crippen molar-refractivity contribution >= 4 is 11.6 Å². The van der Waals surface area contributed by atoms with Crippen LogP contribution >= 0.6 is 0 Å². The Kier molecular flexibility index (Phi) is 5.89. The smallest absolute Gasteiger partial charge is 0.280 e. The Morgan fingerprint density at radius 1 is 0.875 bits per heavy atom. The summed E-state index contributed by atoms with van der Waals surface area (Å²) in [7, 11) is 0. The van der Waals surface area contributed by atoms with Crippen LogP contribution in [0.5, 0.6) is 5.75 Å². The van der Waals surface area contributed by atoms with E-state index < -0.39 is 29.2 Å². The molecular formula is C23H15F4N3O2. The second-order valence-electron chi connectivity index (χ2n) is 6.76. The third-order valence-electron chi connectivity index (χ3n) is 4.47. The number of nitrogens with one attached hydrogen (secondary N) is 1. The van der Waals surface area contributed by atoms with Gasteiger partial charge in [0.2, 0.25) is 0 Å². The van der Waals surface area contributed by atoms with Gasteiger partial charge in [-0.1, -0.05) is 12.1 Å². The Bertz CT molecular complexity index is 1260. The van der Waals surface area contributed by atoms with Crippen LogP contribution in [0.15, 0.2) is 72.9 Å². The maximum absolute atomic E-state index is 14.0. The fourth-order valence-corrected chi connectivity index (χ4v) is 2.86. The van der Waals surface area contributed by atoms with Crippen LogP contribution in [-0.4, -0.2) is 15.7 Å². The zero-order chi connectivity index (χ0) is 22.7. The molecule has 0 radical (unpaired) electrons. The third-order valence-corrected chi connectivity index (χ3v) is 4.47. The van der Waals surface area contributed by atoms with Gasteiger partial charge in [-0.25, -0.2) is 22.2 Å². The van der Waals surface area contributed by atoms with Gasteiger partial charge in [-0.05, 0) is 54.1 Å². The third kappa shape index (κ3) is 4.77. The van der Waals surface area contributed by atoms with Crippen molar-refractivity contribution in [3.05, 3.63) is 107 Å². The summed E-state index contributed by atoms with van der Waals surface area (Å²) in [5, 5.41) is 6.51. The Morgan fingerprint density at radius 2 is 1.50 bits per heavy atom. The van der Waals surface area contributed by atoms with Crippen molar-refractivity contribution in [2.45, 2.75) is 6.61 Å². The lowest BCUT2D eigenvalue weighted by Crippen LogP contribution is -2.15. The summed E-state index contributed by atoms with van der Waals surface area (Å²) >= 11 is 0. The molecule has 0 aliphatic carbocycles. The van der Waals surface area contributed by atoms with E-state index in [0.29, 0.717) is 17.3 Å². The zero-order valence-electron chi connectivity index (χ0n) is 16.4. The fourth-order valence-electron chi connectivity index (χ4n) is 2.86. The molecule has 5 nitrogen and oxygen atoms in total. The van der Waals surface area contributed by atoms with E-state index in [9.17, 15) is 22.4 Å². The number of carbonyl (C=O) groups excluding carboxylic acids is 1. The molecule has 0 unspecified atom stereocenters. The lowest BCUT2D eigenvalue weighted by Gasteiger charge is -2.08. The molecule has 0 atom stereocenters. The molecule has 162 valence electrons. The van der Waals surface area contributed by atoms with Crippen LogP contribution in [0.1, 0.15) is 16.1 Å². The number of carbonyl (C=O) groups is 1. The Labute approximate surface area is 179 Å². The van der Waals surface area contributed by atoms with Gasteiger partial charge in [0.25, 0.3) is 5.91 Å². The molecule has 32 heavy (non-hydrogen) atoms. The SMILES string of the molecule is O=C(Nc1ccc(F)cc1F)c1nn(-c2ccc(F)cc2)cc1OCc1ccc(F)cc1. The Balaban J connectivity index is 1.63. The van der Waals surface area contributed by atoms with Crippen LogP contribution < -0.4 is 10.1 Å². The lowest BCUT2D eigenvalue weighted by molar-refractivity contribution is 0.101. The summed E-state index contributed by atoms with van der Waals surface area (Å²) in [6.45, 7) is 0.000576. The molecular weight excluding hydrogens is 426 g/mol. The van der Waals surface area contributed by atoms with Gasteiger partial charge in [-0.3, -0.25) is 4.79 Å². The van der Waals surface area contributed by atoms with Gasteiger partial charge in [-0.15, -0.1) is 0 Å². The minimum absolute atomic E-state index is 0.000576. The molecule has 0 aliphatic rings. The summed E-state index contributed by atoms with van der Waals surface area (Å²) in [6, 6.07) is 13.7. The number of hydrogen-bond donors (Lipinski definition) is 1. The number of hydrogen-bond acceptors (Lipinski definition) is 3. The van der Waals surface area contributed by atoms with Crippen molar-refractivity contribution in [3.8, 4) is 11.4 Å². The van der Waals surface area contributed by atoms with Crippen LogP contribution in [0.3, 0.4) is 0 Å². The molecule has 0 aliphatic heterocycles. The average Bonchev–Trinajstić information content (AvgIpc) is 3.20. The first-order chi connectivity index (χ1) is 15.4. The van der Waals surface area contributed by atoms with Crippen LogP contribution in [0.4, 0.5) is 23.2 Å². The molecule has 1 aromatic heterocycles. The summed E-state index contributed by atoms with van der Waals surface area (Å²) in [5.41, 5.74) is 0.666. The molecule has 0 fully saturated rings. The topological polar surface area (TPSA) is 56.2 Å². The molecule has 0 spiro atoms. The summed E-state index contributed by atoms with van der Waals surface area (Å²) in [5.74, 6) is -3.34. The van der Waals surface area contributed by atoms with Crippen LogP contribution in [0.2, 0.25) is 0 Å². The van der Waals surface area contributed by atoms with Crippen LogP contribution in [0.25, 0.3) is 5.69 Å². The van der Waals surface area contributed by atoms with Gasteiger partial charge in [0.05, 0.1) is 17.6 Å². The molecule has 1 amide bonds. The number of halogens is 4. The number of aromatic nitrogens is 2. The molecule has 0 saturated heterocycles. The van der Waals surface area contributed by atoms with E-state index in [1.165, 1.54) is 59.4 Å². The van der Waals surface area contributed by atoms with Crippen molar-refractivity contribution in [1.29, 1.82) is 0 Å². The van der Waals surface area contributed by atoms with Gasteiger partial charge < -0.3 is 10.1 Å². The van der Waals surface area contributed by atoms with E-state index in [2.05, 4.69) is 10.4 Å². The van der Waals surface area contributed by atoms with Crippen molar-refractivity contribution < 1.29 is 27.1 Å². The number of benzene rings is 3. The first-order valence-electron chi connectivity index (χ1n) is 9.38. The van der Waals surface area contributed by atoms with E-state index in [0.717, 1.165) is 12.1 Å². The first kappa shape index (κ1) is 21.1. The van der Waals surface area contributed by atoms with Crippen molar-refractivity contribution in [3.63, 3.8) is 0 Å². The minimum atomic E-state index is -0.954. The van der Waals surface area contributed by atoms with Gasteiger partial charge in [0.1, 0.15) is 29.9 Å². The number of amides is 1. The molecule has 0 bridgehead atoms. The lowest BCUT2D eigenvalue weighted by atomic mass is 10.2. The monoisotopic (exact) mass is 441 g/mol. The van der Waals surface area contributed by atoms with E-state index in [1.807, 2.05) is 0 Å². The molecule has 4 rings (SSSR count). The molecule has 1 heterocycles. The summed E-state index contributed by atoms with van der Waals surface area (Å²) in [4.78, 5) is 12.8. The molecule has 4 aromatic rings. The van der Waals surface area contributed by atoms with Gasteiger partial charge in [0, 0.05) is 6.07 Å². The minimum Gasteiger partial charge on any atom is -0.485 e. The predicted octanol–water partition coefficient (Wildman–Crippen LogP) is 5.26. The summed E-state index contributed by atoms with van der Waals surface area (Å²) < 4.78 is 60.5. The second-order valence-corrected chi connectivity index (χ2v) is 6.76. The van der Waals surface area contributed by atoms with E-state index in [-0.39, 0.29) is 23.7 Å². The second kappa shape index (κ2) is 8.93. The van der Waals surface area contributed by atoms with Crippen molar-refractivity contribution in [2.24, 2.45) is 0 Å². The van der Waals surface area contributed by atoms with Crippen LogP contribution in [0, 0.1) is 23.3 Å². The van der Waals surface area contributed by atoms with Gasteiger partial charge in [0.15, 0.2) is 11.4 Å². The predicted molar refractivity (Wildman–Crippen MR) is 109 cm³/mol. The van der Waals surface area contributed by atoms with Gasteiger partial charge in [-0.2, -0.15) is 5.10 Å². The Morgan fingerprint density at radius 3 is 2.16 bits per heavy atom. The number of rotatable bonds is 6. The van der Waals surface area contributed by atoms with E-state index in [4.69, 9.17) is 4.74 Å². The average molecular weight is 441 g/mol. The maximum atomic E-state index is 14.0. The molecule has 9 heteroatoms. The normalized spacial score (nSPS) is 10.8. The zero-order valence-corrected chi connectivity index (χ0v) is 16.4. The summed E-state index contributed by atoms with van der Waals surface area (Å²) in [6.07, 6.45) is 1.41. The highest BCUT2D eigenvalue weighted by molar-refractivity contribution is 6.04. The highest BCUT2D eigenvalue weighted by Crippen LogP contribution is 2.24. The highest BCUT2D eigenvalue weighted by atomic mass is 19.1. The van der Waals surface area contributed by atoms with E-state index in [1.54, 1.807) is 0 Å². The largest absolute Gasteiger partial charge is 0.485 e. The highest BCUT2D eigenvalue weighted by Gasteiger charge is 2.21. The van der Waals surface area contributed by atoms with Crippen molar-refractivity contribution in [2.75, 3.05) is 5.32 Å². The molecule has 1 N–H and O–H groups in total.